The van der Waals surface area contributed by atoms with Gasteiger partial charge < -0.3 is 9.22 Å². The standard InChI is InChI=1S/C20H34NO2/c1-4-5-6-7-8-9-13-16-21(2,3)17-18-23-20(22)19-14-11-10-12-15-19/h10-12,14-15H,4-9,13,16-18H2,1-3H3/q+1. The van der Waals surface area contributed by atoms with E-state index in [1.165, 1.54) is 44.9 Å². The molecule has 0 heterocycles. The molecule has 1 rings (SSSR count). The summed E-state index contributed by atoms with van der Waals surface area (Å²) in [7, 11) is 4.43. The Morgan fingerprint density at radius 3 is 2.17 bits per heavy atom. The van der Waals surface area contributed by atoms with Crippen molar-refractivity contribution in [3.05, 3.63) is 35.9 Å². The minimum absolute atomic E-state index is 0.221. The molecule has 0 saturated heterocycles. The second kappa shape index (κ2) is 11.2. The average Bonchev–Trinajstić information content (AvgIpc) is 2.54. The number of benzene rings is 1. The molecule has 0 fully saturated rings. The molecule has 1 aromatic carbocycles. The van der Waals surface area contributed by atoms with Crippen molar-refractivity contribution in [3.63, 3.8) is 0 Å². The molecular formula is C20H34NO2+. The van der Waals surface area contributed by atoms with E-state index in [2.05, 4.69) is 21.0 Å². The van der Waals surface area contributed by atoms with Gasteiger partial charge in [0.1, 0.15) is 13.2 Å². The Morgan fingerprint density at radius 1 is 0.913 bits per heavy atom. The van der Waals surface area contributed by atoms with E-state index in [0.29, 0.717) is 12.2 Å². The Hall–Kier alpha value is -1.35. The highest BCUT2D eigenvalue weighted by Gasteiger charge is 2.15. The van der Waals surface area contributed by atoms with Gasteiger partial charge in [0.15, 0.2) is 0 Å². The largest absolute Gasteiger partial charge is 0.456 e. The number of rotatable bonds is 12. The van der Waals surface area contributed by atoms with Crippen molar-refractivity contribution < 1.29 is 14.0 Å². The van der Waals surface area contributed by atoms with Crippen LogP contribution < -0.4 is 0 Å². The van der Waals surface area contributed by atoms with Gasteiger partial charge in [-0.1, -0.05) is 57.2 Å². The first-order valence-corrected chi connectivity index (χ1v) is 9.09. The molecule has 0 bridgehead atoms. The van der Waals surface area contributed by atoms with Gasteiger partial charge in [-0.25, -0.2) is 4.79 Å². The summed E-state index contributed by atoms with van der Waals surface area (Å²) in [6.45, 7) is 4.76. The van der Waals surface area contributed by atoms with Gasteiger partial charge >= 0.3 is 5.97 Å². The lowest BCUT2D eigenvalue weighted by molar-refractivity contribution is -0.890. The molecule has 23 heavy (non-hydrogen) atoms. The summed E-state index contributed by atoms with van der Waals surface area (Å²) in [6, 6.07) is 9.20. The summed E-state index contributed by atoms with van der Waals surface area (Å²) in [5.41, 5.74) is 0.630. The van der Waals surface area contributed by atoms with Gasteiger partial charge in [0.25, 0.3) is 0 Å². The monoisotopic (exact) mass is 320 g/mol. The van der Waals surface area contributed by atoms with Crippen molar-refractivity contribution in [2.75, 3.05) is 33.8 Å². The summed E-state index contributed by atoms with van der Waals surface area (Å²) >= 11 is 0. The van der Waals surface area contributed by atoms with Crippen molar-refractivity contribution >= 4 is 5.97 Å². The second-order valence-corrected chi connectivity index (χ2v) is 7.01. The Labute approximate surface area is 142 Å². The van der Waals surface area contributed by atoms with Crippen molar-refractivity contribution in [1.82, 2.24) is 0 Å². The highest BCUT2D eigenvalue weighted by atomic mass is 16.5. The maximum atomic E-state index is 11.9. The van der Waals surface area contributed by atoms with Crippen LogP contribution in [0.3, 0.4) is 0 Å². The molecule has 0 N–H and O–H groups in total. The Morgan fingerprint density at radius 2 is 1.52 bits per heavy atom. The number of nitrogens with zero attached hydrogens (tertiary/aromatic N) is 1. The minimum Gasteiger partial charge on any atom is -0.456 e. The third kappa shape index (κ3) is 9.39. The number of esters is 1. The predicted molar refractivity (Wildman–Crippen MR) is 96.6 cm³/mol. The van der Waals surface area contributed by atoms with E-state index in [0.717, 1.165) is 17.6 Å². The lowest BCUT2D eigenvalue weighted by Crippen LogP contribution is -2.43. The first-order valence-electron chi connectivity index (χ1n) is 9.09. The summed E-state index contributed by atoms with van der Waals surface area (Å²) in [6.07, 6.45) is 9.35. The summed E-state index contributed by atoms with van der Waals surface area (Å²) < 4.78 is 6.29. The van der Waals surface area contributed by atoms with Crippen molar-refractivity contribution in [3.8, 4) is 0 Å². The van der Waals surface area contributed by atoms with Crippen molar-refractivity contribution in [2.45, 2.75) is 51.9 Å². The Bertz CT molecular complexity index is 429. The van der Waals surface area contributed by atoms with Gasteiger partial charge in [-0.15, -0.1) is 0 Å². The third-order valence-electron chi connectivity index (χ3n) is 4.31. The lowest BCUT2D eigenvalue weighted by Gasteiger charge is -2.29. The van der Waals surface area contributed by atoms with Crippen LogP contribution in [-0.2, 0) is 4.74 Å². The van der Waals surface area contributed by atoms with Crippen LogP contribution in [0.1, 0.15) is 62.2 Å². The molecule has 0 aliphatic heterocycles. The number of carbonyl (C=O) groups is 1. The fourth-order valence-electron chi connectivity index (χ4n) is 2.65. The first-order chi connectivity index (χ1) is 11.0. The van der Waals surface area contributed by atoms with E-state index >= 15 is 0 Å². The number of ether oxygens (including phenoxy) is 1. The molecule has 0 spiro atoms. The van der Waals surface area contributed by atoms with E-state index in [4.69, 9.17) is 4.74 Å². The number of carbonyl (C=O) groups excluding carboxylic acids is 1. The fourth-order valence-corrected chi connectivity index (χ4v) is 2.65. The molecule has 0 aliphatic carbocycles. The smallest absolute Gasteiger partial charge is 0.338 e. The van der Waals surface area contributed by atoms with E-state index in [9.17, 15) is 4.79 Å². The van der Waals surface area contributed by atoms with Gasteiger partial charge in [-0.3, -0.25) is 0 Å². The quantitative estimate of drug-likeness (QED) is 0.318. The van der Waals surface area contributed by atoms with Crippen LogP contribution in [-0.4, -0.2) is 44.2 Å². The number of likely N-dealkylation sites (N-methyl/N-ethyl adjacent to an activating group) is 1. The molecule has 0 radical (unpaired) electrons. The number of unbranched alkanes of at least 4 members (excludes halogenated alkanes) is 6. The maximum absolute atomic E-state index is 11.9. The van der Waals surface area contributed by atoms with E-state index < -0.39 is 0 Å². The zero-order valence-electron chi connectivity index (χ0n) is 15.2. The van der Waals surface area contributed by atoms with Crippen LogP contribution in [0.15, 0.2) is 30.3 Å². The molecule has 1 aromatic rings. The lowest BCUT2D eigenvalue weighted by atomic mass is 10.1. The highest BCUT2D eigenvalue weighted by molar-refractivity contribution is 5.89. The van der Waals surface area contributed by atoms with Gasteiger partial charge in [0, 0.05) is 0 Å². The van der Waals surface area contributed by atoms with Gasteiger partial charge in [0.2, 0.25) is 0 Å². The molecule has 3 heteroatoms. The molecule has 3 nitrogen and oxygen atoms in total. The maximum Gasteiger partial charge on any atom is 0.338 e. The Kier molecular flexibility index (Phi) is 9.61. The summed E-state index contributed by atoms with van der Waals surface area (Å²) in [5, 5.41) is 0. The number of hydrogen-bond acceptors (Lipinski definition) is 2. The van der Waals surface area contributed by atoms with Crippen molar-refractivity contribution in [1.29, 1.82) is 0 Å². The highest BCUT2D eigenvalue weighted by Crippen LogP contribution is 2.09. The zero-order valence-corrected chi connectivity index (χ0v) is 15.2. The van der Waals surface area contributed by atoms with Crippen LogP contribution in [0.2, 0.25) is 0 Å². The minimum atomic E-state index is -0.221. The van der Waals surface area contributed by atoms with Gasteiger partial charge in [-0.2, -0.15) is 0 Å². The van der Waals surface area contributed by atoms with Gasteiger partial charge in [-0.05, 0) is 25.0 Å². The van der Waals surface area contributed by atoms with Crippen molar-refractivity contribution in [2.24, 2.45) is 0 Å². The predicted octanol–water partition coefficient (Wildman–Crippen LogP) is 4.67. The topological polar surface area (TPSA) is 26.3 Å². The molecule has 0 aromatic heterocycles. The van der Waals surface area contributed by atoms with E-state index in [1.807, 2.05) is 18.2 Å². The number of quaternary nitrogens is 1. The second-order valence-electron chi connectivity index (χ2n) is 7.01. The fraction of sp³-hybridized carbons (Fsp3) is 0.650. The molecule has 0 amide bonds. The molecule has 0 unspecified atom stereocenters. The average molecular weight is 320 g/mol. The SMILES string of the molecule is CCCCCCCCC[N+](C)(C)CCOC(=O)c1ccccc1. The van der Waals surface area contributed by atoms with E-state index in [1.54, 1.807) is 12.1 Å². The van der Waals surface area contributed by atoms with Crippen LogP contribution in [0.5, 0.6) is 0 Å². The van der Waals surface area contributed by atoms with E-state index in [-0.39, 0.29) is 5.97 Å². The molecule has 0 aliphatic rings. The van der Waals surface area contributed by atoms with Crippen LogP contribution in [0, 0.1) is 0 Å². The molecule has 0 atom stereocenters. The normalized spacial score (nSPS) is 11.4. The molecular weight excluding hydrogens is 286 g/mol. The van der Waals surface area contributed by atoms with Gasteiger partial charge in [0.05, 0.1) is 26.2 Å². The number of hydrogen-bond donors (Lipinski definition) is 0. The third-order valence-corrected chi connectivity index (χ3v) is 4.31. The molecule has 0 saturated carbocycles. The summed E-state index contributed by atoms with van der Waals surface area (Å²) in [4.78, 5) is 11.9. The molecule has 130 valence electrons. The van der Waals surface area contributed by atoms with Crippen LogP contribution >= 0.6 is 0 Å². The van der Waals surface area contributed by atoms with Crippen LogP contribution in [0.25, 0.3) is 0 Å². The Balaban J connectivity index is 2.11. The first kappa shape index (κ1) is 19.7. The summed E-state index contributed by atoms with van der Waals surface area (Å²) in [5.74, 6) is -0.221. The van der Waals surface area contributed by atoms with Crippen LogP contribution in [0.4, 0.5) is 0 Å². The zero-order chi connectivity index (χ0) is 17.0.